The third-order valence-corrected chi connectivity index (χ3v) is 4.91. The number of esters is 1. The Morgan fingerprint density at radius 3 is 2.93 bits per heavy atom. The Hall–Kier alpha value is -2.62. The zero-order chi connectivity index (χ0) is 21.4. The van der Waals surface area contributed by atoms with E-state index in [9.17, 15) is 9.90 Å². The highest BCUT2D eigenvalue weighted by atomic mass is 16.5. The first-order valence-electron chi connectivity index (χ1n) is 10.1. The molecule has 0 saturated heterocycles. The molecular formula is C23H31N3O3. The predicted molar refractivity (Wildman–Crippen MR) is 115 cm³/mol. The predicted octanol–water partition coefficient (Wildman–Crippen LogP) is 3.06. The van der Waals surface area contributed by atoms with Crippen molar-refractivity contribution in [2.45, 2.75) is 52.1 Å². The van der Waals surface area contributed by atoms with Crippen LogP contribution in [0.2, 0.25) is 0 Å². The zero-order valence-corrected chi connectivity index (χ0v) is 17.8. The number of nitrogens with zero attached hydrogens (tertiary/aromatic N) is 2. The third-order valence-electron chi connectivity index (χ3n) is 4.91. The number of rotatable bonds is 8. The van der Waals surface area contributed by atoms with Crippen molar-refractivity contribution in [1.82, 2.24) is 15.1 Å². The Bertz CT molecular complexity index is 868. The fourth-order valence-electron chi connectivity index (χ4n) is 3.38. The monoisotopic (exact) mass is 397 g/mol. The second-order valence-electron chi connectivity index (χ2n) is 6.98. The number of fused-ring (bicyclic) bond motifs is 1. The lowest BCUT2D eigenvalue weighted by molar-refractivity contribution is 0.0517. The highest BCUT2D eigenvalue weighted by Gasteiger charge is 2.32. The van der Waals surface area contributed by atoms with E-state index in [-0.39, 0.29) is 11.9 Å². The Labute approximate surface area is 173 Å². The first-order valence-corrected chi connectivity index (χ1v) is 10.1. The Balaban J connectivity index is 2.39. The molecule has 1 aromatic heterocycles. The number of hydrogen-bond donors (Lipinski definition) is 2. The van der Waals surface area contributed by atoms with Crippen molar-refractivity contribution in [1.29, 1.82) is 0 Å². The number of carbonyl (C=O) groups is 1. The van der Waals surface area contributed by atoms with Crippen LogP contribution in [0, 0.1) is 11.8 Å². The van der Waals surface area contributed by atoms with Crippen molar-refractivity contribution in [2.75, 3.05) is 20.2 Å². The van der Waals surface area contributed by atoms with Crippen LogP contribution in [0.3, 0.4) is 0 Å². The molecule has 0 spiro atoms. The molecule has 1 aromatic rings. The van der Waals surface area contributed by atoms with E-state index in [2.05, 4.69) is 35.8 Å². The van der Waals surface area contributed by atoms with Gasteiger partial charge in [0, 0.05) is 16.8 Å². The summed E-state index contributed by atoms with van der Waals surface area (Å²) in [5.74, 6) is 5.71. The summed E-state index contributed by atoms with van der Waals surface area (Å²) in [7, 11) is 1.83. The van der Waals surface area contributed by atoms with E-state index in [1.54, 1.807) is 13.0 Å². The van der Waals surface area contributed by atoms with E-state index >= 15 is 0 Å². The number of carbonyl (C=O) groups excluding carboxylic acids is 1. The number of nitrogens with one attached hydrogen (secondary N) is 1. The van der Waals surface area contributed by atoms with Gasteiger partial charge in [-0.3, -0.25) is 0 Å². The van der Waals surface area contributed by atoms with E-state index in [1.807, 2.05) is 30.8 Å². The lowest BCUT2D eigenvalue weighted by Gasteiger charge is -2.07. The van der Waals surface area contributed by atoms with Gasteiger partial charge in [-0.25, -0.2) is 9.48 Å². The summed E-state index contributed by atoms with van der Waals surface area (Å²) < 4.78 is 7.02. The van der Waals surface area contributed by atoms with Gasteiger partial charge in [0.2, 0.25) is 0 Å². The molecule has 2 unspecified atom stereocenters. The summed E-state index contributed by atoms with van der Waals surface area (Å²) in [6.45, 7) is 10.7. The molecule has 0 radical (unpaired) electrons. The van der Waals surface area contributed by atoms with E-state index in [1.165, 1.54) is 0 Å². The van der Waals surface area contributed by atoms with Crippen LogP contribution in [-0.4, -0.2) is 47.2 Å². The normalized spacial score (nSPS) is 17.3. The second kappa shape index (κ2) is 10.8. The van der Waals surface area contributed by atoms with E-state index in [4.69, 9.17) is 4.74 Å². The highest BCUT2D eigenvalue weighted by Crippen LogP contribution is 2.37. The SMILES string of the molecule is C=C/C(C#CC(O)CCNC)=C\C(=C/C)n1nc(C(=O)OCC)c2c1CCC2C. The van der Waals surface area contributed by atoms with Crippen molar-refractivity contribution in [3.8, 4) is 11.8 Å². The summed E-state index contributed by atoms with van der Waals surface area (Å²) in [5.41, 5.74) is 3.89. The van der Waals surface area contributed by atoms with Gasteiger partial charge >= 0.3 is 5.97 Å². The number of aliphatic hydroxyl groups is 1. The van der Waals surface area contributed by atoms with Crippen molar-refractivity contribution < 1.29 is 14.6 Å². The van der Waals surface area contributed by atoms with E-state index in [0.29, 0.717) is 30.8 Å². The van der Waals surface area contributed by atoms with Gasteiger partial charge in [-0.2, -0.15) is 5.10 Å². The average molecular weight is 398 g/mol. The van der Waals surface area contributed by atoms with E-state index in [0.717, 1.165) is 29.8 Å². The van der Waals surface area contributed by atoms with Gasteiger partial charge in [-0.1, -0.05) is 37.5 Å². The second-order valence-corrected chi connectivity index (χ2v) is 6.98. The summed E-state index contributed by atoms with van der Waals surface area (Å²) in [5, 5.41) is 17.5. The molecule has 1 heterocycles. The maximum atomic E-state index is 12.4. The summed E-state index contributed by atoms with van der Waals surface area (Å²) in [6, 6.07) is 0. The Kier molecular flexibility index (Phi) is 8.44. The van der Waals surface area contributed by atoms with Crippen molar-refractivity contribution in [2.24, 2.45) is 0 Å². The molecule has 1 aliphatic rings. The van der Waals surface area contributed by atoms with Gasteiger partial charge in [0.1, 0.15) is 6.10 Å². The quantitative estimate of drug-likeness (QED) is 0.401. The van der Waals surface area contributed by atoms with Gasteiger partial charge in [-0.05, 0) is 58.7 Å². The Morgan fingerprint density at radius 2 is 2.31 bits per heavy atom. The molecule has 0 saturated carbocycles. The topological polar surface area (TPSA) is 76.4 Å². The highest BCUT2D eigenvalue weighted by molar-refractivity contribution is 5.90. The van der Waals surface area contributed by atoms with Crippen molar-refractivity contribution >= 4 is 11.7 Å². The van der Waals surface area contributed by atoms with Crippen molar-refractivity contribution in [3.05, 3.63) is 47.3 Å². The molecule has 29 heavy (non-hydrogen) atoms. The van der Waals surface area contributed by atoms with Crippen LogP contribution in [0.4, 0.5) is 0 Å². The van der Waals surface area contributed by atoms with Gasteiger partial charge in [0.05, 0.1) is 12.3 Å². The maximum absolute atomic E-state index is 12.4. The standard InChI is InChI=1S/C23H31N3O3/c1-6-17(10-11-19(27)13-14-24-5)15-18(7-2)26-20-12-9-16(4)21(20)22(25-26)23(28)29-8-3/h6-7,15-16,19,24,27H,1,8-9,12-14H2,2-5H3/b17-15+,18-7+. The van der Waals surface area contributed by atoms with Crippen LogP contribution in [0.15, 0.2) is 30.4 Å². The largest absolute Gasteiger partial charge is 0.461 e. The minimum atomic E-state index is -0.704. The number of aromatic nitrogens is 2. The van der Waals surface area contributed by atoms with Gasteiger partial charge < -0.3 is 15.2 Å². The van der Waals surface area contributed by atoms with Crippen molar-refractivity contribution in [3.63, 3.8) is 0 Å². The molecule has 1 aliphatic carbocycles. The molecule has 2 N–H and O–H groups in total. The summed E-state index contributed by atoms with van der Waals surface area (Å²) >= 11 is 0. The number of aliphatic hydroxyl groups excluding tert-OH is 1. The lowest BCUT2D eigenvalue weighted by atomic mass is 10.0. The first-order chi connectivity index (χ1) is 14.0. The molecule has 2 atom stereocenters. The van der Waals surface area contributed by atoms with Crippen LogP contribution < -0.4 is 5.32 Å². The molecular weight excluding hydrogens is 366 g/mol. The van der Waals surface area contributed by atoms with Crippen LogP contribution >= 0.6 is 0 Å². The zero-order valence-electron chi connectivity index (χ0n) is 17.8. The minimum absolute atomic E-state index is 0.265. The van der Waals surface area contributed by atoms with E-state index < -0.39 is 6.10 Å². The first kappa shape index (κ1) is 22.7. The fraction of sp³-hybridized carbons (Fsp3) is 0.478. The van der Waals surface area contributed by atoms with Crippen LogP contribution in [0.25, 0.3) is 5.70 Å². The molecule has 0 aliphatic heterocycles. The molecule has 0 bridgehead atoms. The summed E-state index contributed by atoms with van der Waals surface area (Å²) in [6.07, 6.45) is 7.13. The average Bonchev–Trinajstić information content (AvgIpc) is 3.28. The van der Waals surface area contributed by atoms with Crippen LogP contribution in [0.1, 0.15) is 61.3 Å². The molecule has 6 heteroatoms. The fourth-order valence-corrected chi connectivity index (χ4v) is 3.38. The summed E-state index contributed by atoms with van der Waals surface area (Å²) in [4.78, 5) is 12.4. The number of allylic oxidation sites excluding steroid dienone is 5. The molecule has 0 aromatic carbocycles. The van der Waals surface area contributed by atoms with Crippen LogP contribution in [0.5, 0.6) is 0 Å². The molecule has 2 rings (SSSR count). The molecule has 156 valence electrons. The molecule has 0 fully saturated rings. The minimum Gasteiger partial charge on any atom is -0.461 e. The molecule has 0 amide bonds. The molecule has 6 nitrogen and oxygen atoms in total. The van der Waals surface area contributed by atoms with Gasteiger partial charge in [-0.15, -0.1) is 0 Å². The number of ether oxygens (including phenoxy) is 1. The van der Waals surface area contributed by atoms with Crippen LogP contribution in [-0.2, 0) is 11.2 Å². The van der Waals surface area contributed by atoms with Gasteiger partial charge in [0.25, 0.3) is 0 Å². The number of hydrogen-bond acceptors (Lipinski definition) is 5. The Morgan fingerprint density at radius 1 is 1.55 bits per heavy atom. The van der Waals surface area contributed by atoms with Gasteiger partial charge in [0.15, 0.2) is 5.69 Å². The maximum Gasteiger partial charge on any atom is 0.359 e. The smallest absolute Gasteiger partial charge is 0.359 e. The lowest BCUT2D eigenvalue weighted by Crippen LogP contribution is -2.15. The third kappa shape index (κ3) is 5.47.